The molecule has 176 valence electrons. The van der Waals surface area contributed by atoms with Gasteiger partial charge in [-0.3, -0.25) is 4.79 Å². The van der Waals surface area contributed by atoms with E-state index in [2.05, 4.69) is 6.07 Å². The van der Waals surface area contributed by atoms with Crippen LogP contribution in [0.4, 0.5) is 0 Å². The highest BCUT2D eigenvalue weighted by Gasteiger charge is 2.55. The molecule has 0 spiro atoms. The molecule has 4 bridgehead atoms. The maximum Gasteiger partial charge on any atom is 0.317 e. The molecule has 0 atom stereocenters. The molecule has 4 saturated carbocycles. The van der Waals surface area contributed by atoms with Gasteiger partial charge in [0.15, 0.2) is 11.5 Å². The second kappa shape index (κ2) is 8.57. The van der Waals surface area contributed by atoms with Gasteiger partial charge in [0, 0.05) is 5.56 Å². The van der Waals surface area contributed by atoms with Crippen LogP contribution < -0.4 is 9.47 Å². The topological polar surface area (TPSA) is 59.3 Å². The van der Waals surface area contributed by atoms with Gasteiger partial charge in [-0.25, -0.2) is 0 Å². The molecular formula is C31H29NO3. The van der Waals surface area contributed by atoms with E-state index >= 15 is 0 Å². The van der Waals surface area contributed by atoms with Gasteiger partial charge in [0.05, 0.1) is 24.2 Å². The Labute approximate surface area is 206 Å². The van der Waals surface area contributed by atoms with E-state index in [0.717, 1.165) is 41.2 Å². The minimum Gasteiger partial charge on any atom is -0.493 e. The van der Waals surface area contributed by atoms with Gasteiger partial charge >= 0.3 is 5.97 Å². The number of methoxy groups -OCH3 is 1. The van der Waals surface area contributed by atoms with Gasteiger partial charge < -0.3 is 9.47 Å². The van der Waals surface area contributed by atoms with Gasteiger partial charge in [-0.05, 0) is 90.8 Å². The molecule has 0 aliphatic heterocycles. The molecule has 0 amide bonds. The van der Waals surface area contributed by atoms with Crippen LogP contribution in [-0.4, -0.2) is 13.1 Å². The second-order valence-corrected chi connectivity index (χ2v) is 10.7. The molecule has 0 radical (unpaired) electrons. The van der Waals surface area contributed by atoms with Crippen LogP contribution >= 0.6 is 0 Å². The van der Waals surface area contributed by atoms with Gasteiger partial charge in [-0.15, -0.1) is 0 Å². The zero-order valence-corrected chi connectivity index (χ0v) is 20.0. The highest BCUT2D eigenvalue weighted by atomic mass is 16.6. The molecule has 3 aromatic carbocycles. The van der Waals surface area contributed by atoms with Crippen molar-refractivity contribution in [3.8, 4) is 17.6 Å². The Hall–Kier alpha value is -3.58. The molecule has 4 heteroatoms. The fourth-order valence-electron chi connectivity index (χ4n) is 7.22. The highest BCUT2D eigenvalue weighted by Crippen LogP contribution is 2.60. The summed E-state index contributed by atoms with van der Waals surface area (Å²) in [5, 5.41) is 12.1. The van der Waals surface area contributed by atoms with Crippen molar-refractivity contribution in [2.75, 3.05) is 7.11 Å². The Bertz CT molecular complexity index is 1340. The first kappa shape index (κ1) is 21.9. The van der Waals surface area contributed by atoms with Crippen LogP contribution in [-0.2, 0) is 4.79 Å². The SMILES string of the molecule is COc1cc(/C=C(\C#N)c2cccc3ccccc23)ccc1OC(=O)C12CC3CC(CC(C3)C1)C2. The molecule has 4 nitrogen and oxygen atoms in total. The van der Waals surface area contributed by atoms with Crippen molar-refractivity contribution < 1.29 is 14.3 Å². The third-order valence-corrected chi connectivity index (χ3v) is 8.37. The monoisotopic (exact) mass is 463 g/mol. The molecule has 7 rings (SSSR count). The number of fused-ring (bicyclic) bond motifs is 1. The van der Waals surface area contributed by atoms with Crippen molar-refractivity contribution in [2.45, 2.75) is 38.5 Å². The Balaban J connectivity index is 1.28. The van der Waals surface area contributed by atoms with Crippen LogP contribution in [0.1, 0.15) is 49.7 Å². The molecule has 0 aromatic heterocycles. The van der Waals surface area contributed by atoms with E-state index in [1.807, 2.05) is 60.7 Å². The van der Waals surface area contributed by atoms with Gasteiger partial charge in [-0.1, -0.05) is 48.5 Å². The largest absolute Gasteiger partial charge is 0.493 e. The average molecular weight is 464 g/mol. The summed E-state index contributed by atoms with van der Waals surface area (Å²) in [7, 11) is 1.58. The van der Waals surface area contributed by atoms with Crippen molar-refractivity contribution in [3.05, 3.63) is 71.8 Å². The fraction of sp³-hybridized carbons (Fsp3) is 0.355. The number of carbonyl (C=O) groups is 1. The zero-order chi connectivity index (χ0) is 24.0. The fourth-order valence-corrected chi connectivity index (χ4v) is 7.22. The Kier molecular flexibility index (Phi) is 5.37. The standard InChI is InChI=1S/C31H29NO3/c1-34-29-15-20(14-25(19-32)27-8-4-6-24-5-2-3-7-26(24)27)9-10-28(29)35-30(33)31-16-21-11-22(17-31)13-23(12-21)18-31/h2-10,14-15,21-23H,11-13,16-18H2,1H3/b25-14+. The summed E-state index contributed by atoms with van der Waals surface area (Å²) in [6.07, 6.45) is 8.62. The third-order valence-electron chi connectivity index (χ3n) is 8.37. The lowest BCUT2D eigenvalue weighted by atomic mass is 9.49. The molecular weight excluding hydrogens is 434 g/mol. The van der Waals surface area contributed by atoms with Crippen molar-refractivity contribution >= 4 is 28.4 Å². The zero-order valence-electron chi connectivity index (χ0n) is 20.0. The van der Waals surface area contributed by atoms with Crippen LogP contribution in [0.5, 0.6) is 11.5 Å². The van der Waals surface area contributed by atoms with Crippen molar-refractivity contribution in [2.24, 2.45) is 23.2 Å². The Morgan fingerprint density at radius 2 is 1.63 bits per heavy atom. The van der Waals surface area contributed by atoms with E-state index in [0.29, 0.717) is 34.8 Å². The second-order valence-electron chi connectivity index (χ2n) is 10.7. The maximum atomic E-state index is 13.4. The summed E-state index contributed by atoms with van der Waals surface area (Å²) in [5.74, 6) is 2.91. The minimum absolute atomic E-state index is 0.0911. The van der Waals surface area contributed by atoms with Gasteiger partial charge in [-0.2, -0.15) is 5.26 Å². The average Bonchev–Trinajstić information content (AvgIpc) is 2.87. The minimum atomic E-state index is -0.319. The van der Waals surface area contributed by atoms with Crippen molar-refractivity contribution in [1.82, 2.24) is 0 Å². The number of rotatable bonds is 5. The molecule has 3 aromatic rings. The van der Waals surface area contributed by atoms with Crippen molar-refractivity contribution in [1.29, 1.82) is 5.26 Å². The summed E-state index contributed by atoms with van der Waals surface area (Å²) in [6.45, 7) is 0. The molecule has 0 unspecified atom stereocenters. The van der Waals surface area contributed by atoms with E-state index < -0.39 is 0 Å². The van der Waals surface area contributed by atoms with E-state index in [1.165, 1.54) is 19.3 Å². The first-order valence-corrected chi connectivity index (χ1v) is 12.6. The lowest BCUT2D eigenvalue weighted by Crippen LogP contribution is -2.51. The van der Waals surface area contributed by atoms with Gasteiger partial charge in [0.25, 0.3) is 0 Å². The molecule has 0 N–H and O–H groups in total. The van der Waals surface area contributed by atoms with Crippen LogP contribution in [0.25, 0.3) is 22.4 Å². The molecule has 0 saturated heterocycles. The highest BCUT2D eigenvalue weighted by molar-refractivity contribution is 6.01. The van der Waals surface area contributed by atoms with E-state index in [1.54, 1.807) is 13.2 Å². The number of nitrogens with zero attached hydrogens (tertiary/aromatic N) is 1. The summed E-state index contributed by atoms with van der Waals surface area (Å²) in [5.41, 5.74) is 1.96. The Morgan fingerprint density at radius 3 is 2.31 bits per heavy atom. The number of ether oxygens (including phenoxy) is 2. The number of hydrogen-bond acceptors (Lipinski definition) is 4. The number of allylic oxidation sites excluding steroid dienone is 1. The predicted octanol–water partition coefficient (Wildman–Crippen LogP) is 7.03. The first-order chi connectivity index (χ1) is 17.1. The van der Waals surface area contributed by atoms with Gasteiger partial charge in [0.2, 0.25) is 0 Å². The lowest BCUT2D eigenvalue weighted by Gasteiger charge is -2.55. The van der Waals surface area contributed by atoms with Gasteiger partial charge in [0.1, 0.15) is 0 Å². The molecule has 0 heterocycles. The first-order valence-electron chi connectivity index (χ1n) is 12.6. The normalized spacial score (nSPS) is 27.0. The Morgan fingerprint density at radius 1 is 0.943 bits per heavy atom. The molecule has 35 heavy (non-hydrogen) atoms. The number of esters is 1. The van der Waals surface area contributed by atoms with E-state index in [-0.39, 0.29) is 11.4 Å². The quantitative estimate of drug-likeness (QED) is 0.176. The predicted molar refractivity (Wildman–Crippen MR) is 137 cm³/mol. The smallest absolute Gasteiger partial charge is 0.317 e. The molecule has 4 aliphatic carbocycles. The summed E-state index contributed by atoms with van der Waals surface area (Å²) >= 11 is 0. The van der Waals surface area contributed by atoms with Crippen LogP contribution in [0.2, 0.25) is 0 Å². The lowest BCUT2D eigenvalue weighted by molar-refractivity contribution is -0.161. The van der Waals surface area contributed by atoms with E-state index in [4.69, 9.17) is 9.47 Å². The number of nitriles is 1. The van der Waals surface area contributed by atoms with Crippen molar-refractivity contribution in [3.63, 3.8) is 0 Å². The van der Waals surface area contributed by atoms with Crippen LogP contribution in [0.15, 0.2) is 60.7 Å². The van der Waals surface area contributed by atoms with Crippen LogP contribution in [0.3, 0.4) is 0 Å². The van der Waals surface area contributed by atoms with E-state index in [9.17, 15) is 10.1 Å². The summed E-state index contributed by atoms with van der Waals surface area (Å²) < 4.78 is 11.6. The number of hydrogen-bond donors (Lipinski definition) is 0. The summed E-state index contributed by atoms with van der Waals surface area (Å²) in [6, 6.07) is 21.9. The molecule has 4 aliphatic rings. The summed E-state index contributed by atoms with van der Waals surface area (Å²) in [4.78, 5) is 13.4. The molecule has 4 fully saturated rings. The number of benzene rings is 3. The third kappa shape index (κ3) is 3.90. The number of carbonyl (C=O) groups excluding carboxylic acids is 1. The maximum absolute atomic E-state index is 13.4. The van der Waals surface area contributed by atoms with Crippen LogP contribution in [0, 0.1) is 34.5 Å².